The molecule has 0 bridgehead atoms. The fourth-order valence-corrected chi connectivity index (χ4v) is 2.54. The Morgan fingerprint density at radius 1 is 1.16 bits per heavy atom. The first-order chi connectivity index (χ1) is 9.13. The zero-order chi connectivity index (χ0) is 13.4. The zero-order valence-corrected chi connectivity index (χ0v) is 11.4. The van der Waals surface area contributed by atoms with E-state index in [-0.39, 0.29) is 5.91 Å². The van der Waals surface area contributed by atoms with Gasteiger partial charge in [-0.05, 0) is 31.7 Å². The summed E-state index contributed by atoms with van der Waals surface area (Å²) in [5, 5.41) is 1.10. The molecule has 0 aliphatic carbocycles. The van der Waals surface area contributed by atoms with E-state index in [0.29, 0.717) is 5.69 Å². The predicted octanol–water partition coefficient (Wildman–Crippen LogP) is 1.86. The van der Waals surface area contributed by atoms with Crippen LogP contribution in [0.25, 0.3) is 10.9 Å². The Hall–Kier alpha value is -1.81. The number of carbonyl (C=O) groups is 1. The number of aryl methyl sites for hydroxylation is 1. The molecule has 1 fully saturated rings. The van der Waals surface area contributed by atoms with E-state index in [4.69, 9.17) is 0 Å². The Morgan fingerprint density at radius 2 is 1.89 bits per heavy atom. The Balaban J connectivity index is 1.85. The maximum Gasteiger partial charge on any atom is 0.270 e. The number of hydrogen-bond acceptors (Lipinski definition) is 2. The number of aromatic nitrogens is 1. The zero-order valence-electron chi connectivity index (χ0n) is 11.4. The topological polar surface area (TPSA) is 39.3 Å². The Bertz CT molecular complexity index is 609. The monoisotopic (exact) mass is 257 g/mol. The van der Waals surface area contributed by atoms with E-state index < -0.39 is 0 Å². The smallest absolute Gasteiger partial charge is 0.270 e. The Labute approximate surface area is 113 Å². The average Bonchev–Trinajstić information content (AvgIpc) is 2.81. The van der Waals surface area contributed by atoms with Crippen LogP contribution in [0.2, 0.25) is 0 Å². The molecule has 0 radical (unpaired) electrons. The summed E-state index contributed by atoms with van der Waals surface area (Å²) in [6.45, 7) is 5.58. The molecule has 1 aromatic heterocycles. The van der Waals surface area contributed by atoms with Crippen LogP contribution in [0.4, 0.5) is 0 Å². The second-order valence-corrected chi connectivity index (χ2v) is 5.37. The number of amides is 1. The summed E-state index contributed by atoms with van der Waals surface area (Å²) in [7, 11) is 2.09. The van der Waals surface area contributed by atoms with Gasteiger partial charge in [-0.15, -0.1) is 0 Å². The maximum absolute atomic E-state index is 12.4. The third-order valence-electron chi connectivity index (χ3n) is 3.80. The average molecular weight is 257 g/mol. The lowest BCUT2D eigenvalue weighted by molar-refractivity contribution is 0.0659. The lowest BCUT2D eigenvalue weighted by atomic mass is 10.2. The van der Waals surface area contributed by atoms with Crippen molar-refractivity contribution in [3.8, 4) is 0 Å². The van der Waals surface area contributed by atoms with Crippen molar-refractivity contribution in [2.45, 2.75) is 6.92 Å². The van der Waals surface area contributed by atoms with Crippen LogP contribution in [-0.4, -0.2) is 53.9 Å². The number of piperazine rings is 1. The lowest BCUT2D eigenvalue weighted by Crippen LogP contribution is -2.47. The van der Waals surface area contributed by atoms with Crippen molar-refractivity contribution < 1.29 is 4.79 Å². The van der Waals surface area contributed by atoms with Gasteiger partial charge in [-0.3, -0.25) is 4.79 Å². The van der Waals surface area contributed by atoms with Gasteiger partial charge in [-0.2, -0.15) is 0 Å². The predicted molar refractivity (Wildman–Crippen MR) is 76.4 cm³/mol. The van der Waals surface area contributed by atoms with Crippen molar-refractivity contribution in [1.82, 2.24) is 14.8 Å². The summed E-state index contributed by atoms with van der Waals surface area (Å²) in [6.07, 6.45) is 0. The van der Waals surface area contributed by atoms with E-state index in [2.05, 4.69) is 42.1 Å². The van der Waals surface area contributed by atoms with Crippen LogP contribution in [0.15, 0.2) is 24.3 Å². The minimum absolute atomic E-state index is 0.113. The first-order valence-electron chi connectivity index (χ1n) is 6.71. The maximum atomic E-state index is 12.4. The molecule has 1 aliphatic rings. The van der Waals surface area contributed by atoms with Gasteiger partial charge in [0.25, 0.3) is 5.91 Å². The van der Waals surface area contributed by atoms with Gasteiger partial charge < -0.3 is 14.8 Å². The molecule has 4 heteroatoms. The normalized spacial score (nSPS) is 17.1. The van der Waals surface area contributed by atoms with Gasteiger partial charge in [0.2, 0.25) is 0 Å². The van der Waals surface area contributed by atoms with Crippen molar-refractivity contribution in [2.75, 3.05) is 33.2 Å². The number of likely N-dealkylation sites (N-methyl/N-ethyl adjacent to an activating group) is 1. The summed E-state index contributed by atoms with van der Waals surface area (Å²) >= 11 is 0. The van der Waals surface area contributed by atoms with Crippen molar-refractivity contribution in [2.24, 2.45) is 0 Å². The molecule has 0 atom stereocenters. The van der Waals surface area contributed by atoms with Crippen LogP contribution in [0.5, 0.6) is 0 Å². The van der Waals surface area contributed by atoms with Crippen LogP contribution in [0, 0.1) is 6.92 Å². The molecule has 0 unspecified atom stereocenters. The van der Waals surface area contributed by atoms with Gasteiger partial charge >= 0.3 is 0 Å². The number of rotatable bonds is 1. The molecule has 4 nitrogen and oxygen atoms in total. The van der Waals surface area contributed by atoms with Crippen LogP contribution in [-0.2, 0) is 0 Å². The Morgan fingerprint density at radius 3 is 2.63 bits per heavy atom. The molecule has 0 saturated carbocycles. The number of H-pyrrole nitrogens is 1. The molecule has 1 N–H and O–H groups in total. The van der Waals surface area contributed by atoms with Gasteiger partial charge in [0, 0.05) is 37.1 Å². The fraction of sp³-hybridized carbons (Fsp3) is 0.400. The highest BCUT2D eigenvalue weighted by Gasteiger charge is 2.21. The fourth-order valence-electron chi connectivity index (χ4n) is 2.54. The highest BCUT2D eigenvalue weighted by atomic mass is 16.2. The highest BCUT2D eigenvalue weighted by Crippen LogP contribution is 2.18. The van der Waals surface area contributed by atoms with Gasteiger partial charge in [0.1, 0.15) is 5.69 Å². The largest absolute Gasteiger partial charge is 0.351 e. The third-order valence-corrected chi connectivity index (χ3v) is 3.80. The first kappa shape index (κ1) is 12.2. The number of hydrogen-bond donors (Lipinski definition) is 1. The summed E-state index contributed by atoms with van der Waals surface area (Å²) in [5.74, 6) is 0.113. The van der Waals surface area contributed by atoms with Gasteiger partial charge in [-0.25, -0.2) is 0 Å². The number of nitrogens with one attached hydrogen (secondary N) is 1. The standard InChI is InChI=1S/C15H19N3O/c1-11-3-4-12-10-14(16-13(12)9-11)15(19)18-7-5-17(2)6-8-18/h3-4,9-10,16H,5-8H2,1-2H3. The minimum atomic E-state index is 0.113. The van der Waals surface area contributed by atoms with Crippen LogP contribution in [0.3, 0.4) is 0 Å². The molecular formula is C15H19N3O. The second kappa shape index (κ2) is 4.70. The third kappa shape index (κ3) is 2.36. The van der Waals surface area contributed by atoms with Crippen molar-refractivity contribution in [3.63, 3.8) is 0 Å². The first-order valence-corrected chi connectivity index (χ1v) is 6.71. The van der Waals surface area contributed by atoms with Crippen LogP contribution >= 0.6 is 0 Å². The summed E-state index contributed by atoms with van der Waals surface area (Å²) < 4.78 is 0. The number of benzene rings is 1. The van der Waals surface area contributed by atoms with E-state index in [1.54, 1.807) is 0 Å². The Kier molecular flexibility index (Phi) is 3.03. The molecule has 2 heterocycles. The van der Waals surface area contributed by atoms with E-state index in [1.165, 1.54) is 5.56 Å². The van der Waals surface area contributed by atoms with Crippen molar-refractivity contribution in [3.05, 3.63) is 35.5 Å². The highest BCUT2D eigenvalue weighted by molar-refractivity contribution is 5.98. The summed E-state index contributed by atoms with van der Waals surface area (Å²) in [5.41, 5.74) is 2.94. The molecule has 1 aliphatic heterocycles. The van der Waals surface area contributed by atoms with E-state index >= 15 is 0 Å². The van der Waals surface area contributed by atoms with Gasteiger partial charge in [0.05, 0.1) is 0 Å². The summed E-state index contributed by atoms with van der Waals surface area (Å²) in [6, 6.07) is 8.16. The quantitative estimate of drug-likeness (QED) is 0.847. The molecule has 1 amide bonds. The number of carbonyl (C=O) groups excluding carboxylic acids is 1. The van der Waals surface area contributed by atoms with Gasteiger partial charge in [0.15, 0.2) is 0 Å². The van der Waals surface area contributed by atoms with Crippen molar-refractivity contribution in [1.29, 1.82) is 0 Å². The molecule has 2 aromatic rings. The van der Waals surface area contributed by atoms with E-state index in [9.17, 15) is 4.79 Å². The molecular weight excluding hydrogens is 238 g/mol. The van der Waals surface area contributed by atoms with Crippen molar-refractivity contribution >= 4 is 16.8 Å². The number of aromatic amines is 1. The molecule has 100 valence electrons. The lowest BCUT2D eigenvalue weighted by Gasteiger charge is -2.32. The molecule has 0 spiro atoms. The van der Waals surface area contributed by atoms with Crippen LogP contribution in [0.1, 0.15) is 16.1 Å². The number of nitrogens with zero attached hydrogens (tertiary/aromatic N) is 2. The molecule has 1 aromatic carbocycles. The number of fused-ring (bicyclic) bond motifs is 1. The molecule has 3 rings (SSSR count). The van der Waals surface area contributed by atoms with Gasteiger partial charge in [-0.1, -0.05) is 12.1 Å². The summed E-state index contributed by atoms with van der Waals surface area (Å²) in [4.78, 5) is 19.9. The minimum Gasteiger partial charge on any atom is -0.351 e. The van der Waals surface area contributed by atoms with E-state index in [1.807, 2.05) is 11.0 Å². The van der Waals surface area contributed by atoms with E-state index in [0.717, 1.165) is 37.1 Å². The molecule has 1 saturated heterocycles. The van der Waals surface area contributed by atoms with Crippen LogP contribution < -0.4 is 0 Å². The second-order valence-electron chi connectivity index (χ2n) is 5.37. The SMILES string of the molecule is Cc1ccc2cc(C(=O)N3CCN(C)CC3)[nH]c2c1. The molecule has 19 heavy (non-hydrogen) atoms.